The predicted molar refractivity (Wildman–Crippen MR) is 50.6 cm³/mol. The highest BCUT2D eigenvalue weighted by Crippen LogP contribution is 2.12. The van der Waals surface area contributed by atoms with Gasteiger partial charge >= 0.3 is 0 Å². The SMILES string of the molecule is CN1CCN(C2CC(=O)NC2=O)CC1. The Hall–Kier alpha value is -0.940. The molecule has 2 saturated heterocycles. The summed E-state index contributed by atoms with van der Waals surface area (Å²) in [5.74, 6) is -0.265. The fourth-order valence-corrected chi connectivity index (χ4v) is 1.97. The van der Waals surface area contributed by atoms with E-state index in [1.165, 1.54) is 0 Å². The molecular weight excluding hydrogens is 182 g/mol. The topological polar surface area (TPSA) is 52.6 Å². The van der Waals surface area contributed by atoms with Gasteiger partial charge in [0.1, 0.15) is 0 Å². The van der Waals surface area contributed by atoms with E-state index in [0.717, 1.165) is 26.2 Å². The third kappa shape index (κ3) is 1.78. The number of piperazine rings is 1. The summed E-state index contributed by atoms with van der Waals surface area (Å²) < 4.78 is 0. The zero-order valence-corrected chi connectivity index (χ0v) is 8.32. The number of carbonyl (C=O) groups excluding carboxylic acids is 2. The number of nitrogens with zero attached hydrogens (tertiary/aromatic N) is 2. The van der Waals surface area contributed by atoms with E-state index in [2.05, 4.69) is 22.2 Å². The van der Waals surface area contributed by atoms with Crippen LogP contribution in [0.5, 0.6) is 0 Å². The third-order valence-electron chi connectivity index (χ3n) is 2.92. The van der Waals surface area contributed by atoms with Gasteiger partial charge < -0.3 is 4.90 Å². The van der Waals surface area contributed by atoms with Gasteiger partial charge in [0, 0.05) is 26.2 Å². The van der Waals surface area contributed by atoms with Crippen LogP contribution in [0, 0.1) is 0 Å². The highest BCUT2D eigenvalue weighted by atomic mass is 16.2. The van der Waals surface area contributed by atoms with Crippen molar-refractivity contribution >= 4 is 11.8 Å². The average molecular weight is 197 g/mol. The lowest BCUT2D eigenvalue weighted by Gasteiger charge is -2.34. The summed E-state index contributed by atoms with van der Waals surface area (Å²) in [6, 6.07) is -0.212. The van der Waals surface area contributed by atoms with Gasteiger partial charge in [-0.1, -0.05) is 0 Å². The Labute approximate surface area is 83.0 Å². The number of rotatable bonds is 1. The Morgan fingerprint density at radius 3 is 2.36 bits per heavy atom. The summed E-state index contributed by atoms with van der Waals surface area (Å²) in [5.41, 5.74) is 0. The predicted octanol–water partition coefficient (Wildman–Crippen LogP) is -1.35. The van der Waals surface area contributed by atoms with E-state index in [1.54, 1.807) is 0 Å². The number of hydrogen-bond acceptors (Lipinski definition) is 4. The molecule has 0 aromatic rings. The molecule has 2 rings (SSSR count). The Balaban J connectivity index is 1.95. The first kappa shape index (κ1) is 9.61. The van der Waals surface area contributed by atoms with Crippen LogP contribution < -0.4 is 5.32 Å². The molecule has 5 heteroatoms. The van der Waals surface area contributed by atoms with Crippen LogP contribution in [0.1, 0.15) is 6.42 Å². The second-order valence-corrected chi connectivity index (χ2v) is 3.97. The van der Waals surface area contributed by atoms with E-state index < -0.39 is 0 Å². The van der Waals surface area contributed by atoms with Crippen molar-refractivity contribution in [2.75, 3.05) is 33.2 Å². The molecule has 0 aromatic carbocycles. The van der Waals surface area contributed by atoms with Gasteiger partial charge in [-0.25, -0.2) is 0 Å². The first-order chi connectivity index (χ1) is 6.66. The van der Waals surface area contributed by atoms with Crippen molar-refractivity contribution in [3.63, 3.8) is 0 Å². The first-order valence-corrected chi connectivity index (χ1v) is 4.93. The molecule has 0 radical (unpaired) electrons. The van der Waals surface area contributed by atoms with Crippen molar-refractivity contribution in [3.05, 3.63) is 0 Å². The lowest BCUT2D eigenvalue weighted by molar-refractivity contribution is -0.126. The van der Waals surface area contributed by atoms with Gasteiger partial charge in [-0.3, -0.25) is 19.8 Å². The summed E-state index contributed by atoms with van der Waals surface area (Å²) in [5, 5.41) is 2.34. The van der Waals surface area contributed by atoms with Crippen molar-refractivity contribution in [2.24, 2.45) is 0 Å². The maximum Gasteiger partial charge on any atom is 0.244 e. The van der Waals surface area contributed by atoms with Gasteiger partial charge in [-0.2, -0.15) is 0 Å². The van der Waals surface area contributed by atoms with Crippen molar-refractivity contribution in [1.29, 1.82) is 0 Å². The van der Waals surface area contributed by atoms with Crippen LogP contribution >= 0.6 is 0 Å². The van der Waals surface area contributed by atoms with Crippen LogP contribution in [0.15, 0.2) is 0 Å². The first-order valence-electron chi connectivity index (χ1n) is 4.93. The van der Waals surface area contributed by atoms with Crippen LogP contribution in [-0.2, 0) is 9.59 Å². The zero-order chi connectivity index (χ0) is 10.1. The van der Waals surface area contributed by atoms with Crippen molar-refractivity contribution in [2.45, 2.75) is 12.5 Å². The van der Waals surface area contributed by atoms with Gasteiger partial charge in [-0.15, -0.1) is 0 Å². The molecule has 0 aliphatic carbocycles. The normalized spacial score (nSPS) is 30.8. The van der Waals surface area contributed by atoms with Crippen LogP contribution in [0.3, 0.4) is 0 Å². The molecule has 2 amide bonds. The van der Waals surface area contributed by atoms with E-state index in [9.17, 15) is 9.59 Å². The highest BCUT2D eigenvalue weighted by molar-refractivity contribution is 6.05. The lowest BCUT2D eigenvalue weighted by atomic mass is 10.2. The molecule has 2 aliphatic heterocycles. The fraction of sp³-hybridized carbons (Fsp3) is 0.778. The molecule has 1 N–H and O–H groups in total. The summed E-state index contributed by atoms with van der Waals surface area (Å²) in [6.07, 6.45) is 0.336. The van der Waals surface area contributed by atoms with E-state index in [-0.39, 0.29) is 17.9 Å². The second-order valence-electron chi connectivity index (χ2n) is 3.97. The quantitative estimate of drug-likeness (QED) is 0.528. The number of amides is 2. The standard InChI is InChI=1S/C9H15N3O2/c1-11-2-4-12(5-3-11)7-6-8(13)10-9(7)14/h7H,2-6H2,1H3,(H,10,13,14). The molecule has 14 heavy (non-hydrogen) atoms. The molecule has 0 saturated carbocycles. The molecule has 1 atom stereocenters. The second kappa shape index (κ2) is 3.67. The molecule has 0 spiro atoms. The number of likely N-dealkylation sites (N-methyl/N-ethyl adjacent to an activating group) is 1. The Morgan fingerprint density at radius 2 is 1.86 bits per heavy atom. The maximum absolute atomic E-state index is 11.4. The van der Waals surface area contributed by atoms with Crippen LogP contribution in [0.4, 0.5) is 0 Å². The summed E-state index contributed by atoms with van der Waals surface area (Å²) in [6.45, 7) is 3.69. The summed E-state index contributed by atoms with van der Waals surface area (Å²) in [4.78, 5) is 26.7. The van der Waals surface area contributed by atoms with E-state index in [0.29, 0.717) is 6.42 Å². The Morgan fingerprint density at radius 1 is 1.21 bits per heavy atom. The molecule has 0 bridgehead atoms. The number of carbonyl (C=O) groups is 2. The van der Waals surface area contributed by atoms with Gasteiger partial charge in [0.2, 0.25) is 11.8 Å². The van der Waals surface area contributed by atoms with Crippen molar-refractivity contribution in [3.8, 4) is 0 Å². The molecule has 2 heterocycles. The number of nitrogens with one attached hydrogen (secondary N) is 1. The minimum atomic E-state index is -0.212. The van der Waals surface area contributed by atoms with Crippen LogP contribution in [-0.4, -0.2) is 60.9 Å². The highest BCUT2D eigenvalue weighted by Gasteiger charge is 2.35. The van der Waals surface area contributed by atoms with E-state index in [1.807, 2.05) is 0 Å². The van der Waals surface area contributed by atoms with Crippen LogP contribution in [0.25, 0.3) is 0 Å². The smallest absolute Gasteiger partial charge is 0.244 e. The minimum absolute atomic E-state index is 0.125. The summed E-state index contributed by atoms with van der Waals surface area (Å²) >= 11 is 0. The lowest BCUT2D eigenvalue weighted by Crippen LogP contribution is -2.51. The summed E-state index contributed by atoms with van der Waals surface area (Å²) in [7, 11) is 2.07. The molecule has 0 aromatic heterocycles. The largest absolute Gasteiger partial charge is 0.304 e. The average Bonchev–Trinajstić information content (AvgIpc) is 2.47. The molecule has 1 unspecified atom stereocenters. The minimum Gasteiger partial charge on any atom is -0.304 e. The monoisotopic (exact) mass is 197 g/mol. The fourth-order valence-electron chi connectivity index (χ4n) is 1.97. The van der Waals surface area contributed by atoms with Gasteiger partial charge in [0.15, 0.2) is 0 Å². The molecule has 78 valence electrons. The third-order valence-corrected chi connectivity index (χ3v) is 2.92. The van der Waals surface area contributed by atoms with Crippen molar-refractivity contribution in [1.82, 2.24) is 15.1 Å². The van der Waals surface area contributed by atoms with Crippen LogP contribution in [0.2, 0.25) is 0 Å². The molecular formula is C9H15N3O2. The van der Waals surface area contributed by atoms with Crippen molar-refractivity contribution < 1.29 is 9.59 Å². The van der Waals surface area contributed by atoms with Gasteiger partial charge in [0.25, 0.3) is 0 Å². The zero-order valence-electron chi connectivity index (χ0n) is 8.32. The number of imide groups is 1. The van der Waals surface area contributed by atoms with E-state index >= 15 is 0 Å². The van der Waals surface area contributed by atoms with Gasteiger partial charge in [-0.05, 0) is 7.05 Å². The molecule has 2 aliphatic rings. The van der Waals surface area contributed by atoms with Gasteiger partial charge in [0.05, 0.1) is 12.5 Å². The Bertz CT molecular complexity index is 259. The molecule has 2 fully saturated rings. The molecule has 5 nitrogen and oxygen atoms in total. The maximum atomic E-state index is 11.4. The van der Waals surface area contributed by atoms with E-state index in [4.69, 9.17) is 0 Å². The number of hydrogen-bond donors (Lipinski definition) is 1. The Kier molecular flexibility index (Phi) is 2.52.